The maximum atomic E-state index is 10.5. The second-order valence-electron chi connectivity index (χ2n) is 6.47. The van der Waals surface area contributed by atoms with Gasteiger partial charge in [-0.05, 0) is 12.0 Å². The van der Waals surface area contributed by atoms with Gasteiger partial charge in [-0.25, -0.2) is 0 Å². The Hall–Kier alpha value is -2.02. The Kier molecular flexibility index (Phi) is 7.56. The van der Waals surface area contributed by atoms with Crippen LogP contribution < -0.4 is 0 Å². The van der Waals surface area contributed by atoms with Crippen LogP contribution in [0.25, 0.3) is 0 Å². The summed E-state index contributed by atoms with van der Waals surface area (Å²) >= 11 is 0. The molecule has 4 atom stereocenters. The third kappa shape index (κ3) is 5.73. The normalized spacial score (nSPS) is 24.1. The van der Waals surface area contributed by atoms with Gasteiger partial charge < -0.3 is 24.4 Å². The van der Waals surface area contributed by atoms with E-state index in [4.69, 9.17) is 19.3 Å². The molecule has 5 nitrogen and oxygen atoms in total. The Balaban J connectivity index is 1.71. The second kappa shape index (κ2) is 10.3. The van der Waals surface area contributed by atoms with Crippen molar-refractivity contribution in [1.29, 1.82) is 0 Å². The molecule has 1 heterocycles. The molecule has 1 saturated heterocycles. The van der Waals surface area contributed by atoms with Gasteiger partial charge in [0.25, 0.3) is 0 Å². The van der Waals surface area contributed by atoms with Crippen molar-refractivity contribution in [2.75, 3.05) is 13.2 Å². The molecule has 2 aromatic rings. The molecular formula is C22H26O5. The van der Waals surface area contributed by atoms with Crippen molar-refractivity contribution in [1.82, 2.24) is 0 Å². The van der Waals surface area contributed by atoms with E-state index in [-0.39, 0.29) is 19.3 Å². The lowest BCUT2D eigenvalue weighted by atomic mass is 10.0. The summed E-state index contributed by atoms with van der Waals surface area (Å²) in [5.41, 5.74) is 1.96. The molecule has 2 N–H and O–H groups in total. The van der Waals surface area contributed by atoms with Gasteiger partial charge in [0.2, 0.25) is 0 Å². The van der Waals surface area contributed by atoms with Gasteiger partial charge in [0.1, 0.15) is 12.2 Å². The number of hydrogen-bond donors (Lipinski definition) is 2. The summed E-state index contributed by atoms with van der Waals surface area (Å²) in [6.45, 7) is 0.566. The molecule has 2 aromatic carbocycles. The Labute approximate surface area is 159 Å². The fourth-order valence-electron chi connectivity index (χ4n) is 3.05. The van der Waals surface area contributed by atoms with Crippen molar-refractivity contribution >= 4 is 0 Å². The first-order valence-electron chi connectivity index (χ1n) is 9.19. The van der Waals surface area contributed by atoms with E-state index in [1.54, 1.807) is 6.08 Å². The van der Waals surface area contributed by atoms with Crippen LogP contribution in [0.1, 0.15) is 23.8 Å². The maximum Gasteiger partial charge on any atom is 0.184 e. The highest BCUT2D eigenvalue weighted by Gasteiger charge is 2.37. The van der Waals surface area contributed by atoms with Crippen LogP contribution in [-0.2, 0) is 20.8 Å². The largest absolute Gasteiger partial charge is 0.392 e. The molecular weight excluding hydrogens is 344 g/mol. The van der Waals surface area contributed by atoms with Gasteiger partial charge in [-0.1, -0.05) is 72.8 Å². The molecule has 0 aliphatic carbocycles. The standard InChI is InChI=1S/C22H26O5/c23-14-8-7-13-20(25-15-17-9-3-1-4-10-17)21-19(24)16-26-22(27-21)18-11-5-2-6-12-18/h1-12,19-24H,13-16H2/b8-7+/t19-,20-,21-,22-/m1/s1. The summed E-state index contributed by atoms with van der Waals surface area (Å²) in [5, 5.41) is 19.5. The van der Waals surface area contributed by atoms with Gasteiger partial charge in [0.15, 0.2) is 6.29 Å². The van der Waals surface area contributed by atoms with E-state index in [1.807, 2.05) is 66.7 Å². The van der Waals surface area contributed by atoms with E-state index >= 15 is 0 Å². The van der Waals surface area contributed by atoms with E-state index in [1.165, 1.54) is 0 Å². The van der Waals surface area contributed by atoms with Crippen LogP contribution in [0.5, 0.6) is 0 Å². The van der Waals surface area contributed by atoms with E-state index in [2.05, 4.69) is 0 Å². The minimum Gasteiger partial charge on any atom is -0.392 e. The molecule has 0 saturated carbocycles. The van der Waals surface area contributed by atoms with Crippen molar-refractivity contribution < 1.29 is 24.4 Å². The van der Waals surface area contributed by atoms with Crippen molar-refractivity contribution in [3.05, 3.63) is 83.9 Å². The van der Waals surface area contributed by atoms with Crippen molar-refractivity contribution in [2.45, 2.75) is 37.6 Å². The summed E-state index contributed by atoms with van der Waals surface area (Å²) in [6, 6.07) is 19.5. The smallest absolute Gasteiger partial charge is 0.184 e. The van der Waals surface area contributed by atoms with Gasteiger partial charge in [0, 0.05) is 5.56 Å². The zero-order valence-corrected chi connectivity index (χ0v) is 15.2. The first kappa shape index (κ1) is 19.7. The molecule has 1 aliphatic heterocycles. The Morgan fingerprint density at radius 2 is 1.74 bits per heavy atom. The molecule has 3 rings (SSSR count). The number of benzene rings is 2. The van der Waals surface area contributed by atoms with E-state index in [9.17, 15) is 5.11 Å². The average molecular weight is 370 g/mol. The lowest BCUT2D eigenvalue weighted by Gasteiger charge is -2.38. The highest BCUT2D eigenvalue weighted by molar-refractivity contribution is 5.17. The number of hydrogen-bond acceptors (Lipinski definition) is 5. The summed E-state index contributed by atoms with van der Waals surface area (Å²) < 4.78 is 17.8. The fourth-order valence-corrected chi connectivity index (χ4v) is 3.05. The summed E-state index contributed by atoms with van der Waals surface area (Å²) in [6.07, 6.45) is 1.82. The first-order chi connectivity index (χ1) is 13.3. The van der Waals surface area contributed by atoms with Crippen LogP contribution in [0.4, 0.5) is 0 Å². The second-order valence-corrected chi connectivity index (χ2v) is 6.47. The molecule has 1 aliphatic rings. The van der Waals surface area contributed by atoms with Crippen LogP contribution in [-0.4, -0.2) is 41.7 Å². The quantitative estimate of drug-likeness (QED) is 0.699. The molecule has 0 bridgehead atoms. The minimum atomic E-state index is -0.784. The van der Waals surface area contributed by atoms with Crippen LogP contribution in [0, 0.1) is 0 Å². The summed E-state index contributed by atoms with van der Waals surface area (Å²) in [5.74, 6) is 0. The van der Waals surface area contributed by atoms with Gasteiger partial charge in [-0.2, -0.15) is 0 Å². The van der Waals surface area contributed by atoms with Gasteiger partial charge in [0.05, 0.1) is 25.9 Å². The summed E-state index contributed by atoms with van der Waals surface area (Å²) in [7, 11) is 0. The fraction of sp³-hybridized carbons (Fsp3) is 0.364. The molecule has 27 heavy (non-hydrogen) atoms. The highest BCUT2D eigenvalue weighted by Crippen LogP contribution is 2.30. The maximum absolute atomic E-state index is 10.5. The zero-order chi connectivity index (χ0) is 18.9. The van der Waals surface area contributed by atoms with E-state index < -0.39 is 18.5 Å². The van der Waals surface area contributed by atoms with Gasteiger partial charge in [-0.3, -0.25) is 0 Å². The van der Waals surface area contributed by atoms with Crippen molar-refractivity contribution in [3.63, 3.8) is 0 Å². The zero-order valence-electron chi connectivity index (χ0n) is 15.2. The Bertz CT molecular complexity index is 688. The lowest BCUT2D eigenvalue weighted by molar-refractivity contribution is -0.280. The first-order valence-corrected chi connectivity index (χ1v) is 9.19. The molecule has 1 fully saturated rings. The van der Waals surface area contributed by atoms with Gasteiger partial charge in [-0.15, -0.1) is 0 Å². The molecule has 144 valence electrons. The molecule has 5 heteroatoms. The third-order valence-corrected chi connectivity index (χ3v) is 4.46. The predicted molar refractivity (Wildman–Crippen MR) is 102 cm³/mol. The Morgan fingerprint density at radius 3 is 2.44 bits per heavy atom. The molecule has 0 radical (unpaired) electrons. The molecule has 0 amide bonds. The SMILES string of the molecule is OC/C=C/C[C@@H](OCc1ccccc1)[C@@H]1O[C@H](c2ccccc2)OC[C@H]1O. The highest BCUT2D eigenvalue weighted by atomic mass is 16.7. The number of aliphatic hydroxyl groups is 2. The van der Waals surface area contributed by atoms with Crippen molar-refractivity contribution in [3.8, 4) is 0 Å². The lowest BCUT2D eigenvalue weighted by Crippen LogP contribution is -2.48. The van der Waals surface area contributed by atoms with Crippen LogP contribution in [0.2, 0.25) is 0 Å². The summed E-state index contributed by atoms with van der Waals surface area (Å²) in [4.78, 5) is 0. The van der Waals surface area contributed by atoms with Gasteiger partial charge >= 0.3 is 0 Å². The third-order valence-electron chi connectivity index (χ3n) is 4.46. The van der Waals surface area contributed by atoms with Crippen molar-refractivity contribution in [2.24, 2.45) is 0 Å². The molecule has 0 unspecified atom stereocenters. The minimum absolute atomic E-state index is 0.0325. The average Bonchev–Trinajstić information content (AvgIpc) is 2.73. The van der Waals surface area contributed by atoms with E-state index in [0.717, 1.165) is 11.1 Å². The number of aliphatic hydroxyl groups excluding tert-OH is 2. The topological polar surface area (TPSA) is 68.2 Å². The number of ether oxygens (including phenoxy) is 3. The van der Waals surface area contributed by atoms with Crippen LogP contribution in [0.15, 0.2) is 72.8 Å². The molecule has 0 spiro atoms. The van der Waals surface area contributed by atoms with Crippen LogP contribution in [0.3, 0.4) is 0 Å². The van der Waals surface area contributed by atoms with E-state index in [0.29, 0.717) is 13.0 Å². The predicted octanol–water partition coefficient (Wildman–Crippen LogP) is 2.99. The monoisotopic (exact) mass is 370 g/mol. The number of rotatable bonds is 8. The Morgan fingerprint density at radius 1 is 1.04 bits per heavy atom. The molecule has 0 aromatic heterocycles. The van der Waals surface area contributed by atoms with Crippen LogP contribution >= 0.6 is 0 Å².